The summed E-state index contributed by atoms with van der Waals surface area (Å²) < 4.78 is 11.6. The Labute approximate surface area is 189 Å². The minimum Gasteiger partial charge on any atom is -0.489 e. The summed E-state index contributed by atoms with van der Waals surface area (Å²) in [5.41, 5.74) is 2.28. The smallest absolute Gasteiger partial charge is 0.227 e. The van der Waals surface area contributed by atoms with Crippen molar-refractivity contribution in [3.63, 3.8) is 0 Å². The second-order valence-corrected chi connectivity index (χ2v) is 8.83. The summed E-state index contributed by atoms with van der Waals surface area (Å²) in [6.45, 7) is 7.28. The SMILES string of the molecule is CCCN(Cc1cc(Cl)c2c(c1)OCCCO2)C(=O)C1CCN(Cc2ccccc2)C1. The van der Waals surface area contributed by atoms with Crippen molar-refractivity contribution < 1.29 is 14.3 Å². The van der Waals surface area contributed by atoms with Gasteiger partial charge >= 0.3 is 0 Å². The maximum Gasteiger partial charge on any atom is 0.227 e. The minimum atomic E-state index is 0.0474. The first-order valence-electron chi connectivity index (χ1n) is 11.3. The molecular weight excluding hydrogens is 412 g/mol. The third-order valence-corrected chi connectivity index (χ3v) is 6.19. The number of carbonyl (C=O) groups is 1. The molecule has 5 nitrogen and oxygen atoms in total. The summed E-state index contributed by atoms with van der Waals surface area (Å²) in [7, 11) is 0. The molecule has 0 bridgehead atoms. The predicted octanol–water partition coefficient (Wildman–Crippen LogP) is 4.76. The number of carbonyl (C=O) groups excluding carboxylic acids is 1. The molecular formula is C25H31ClN2O3. The monoisotopic (exact) mass is 442 g/mol. The summed E-state index contributed by atoms with van der Waals surface area (Å²) in [4.78, 5) is 17.7. The number of benzene rings is 2. The Morgan fingerprint density at radius 1 is 1.16 bits per heavy atom. The van der Waals surface area contributed by atoms with Crippen LogP contribution in [0.2, 0.25) is 5.02 Å². The summed E-state index contributed by atoms with van der Waals surface area (Å²) in [5.74, 6) is 1.58. The van der Waals surface area contributed by atoms with Gasteiger partial charge in [-0.25, -0.2) is 0 Å². The Hall–Kier alpha value is -2.24. The molecule has 6 heteroatoms. The van der Waals surface area contributed by atoms with E-state index in [4.69, 9.17) is 21.1 Å². The van der Waals surface area contributed by atoms with Crippen molar-refractivity contribution in [3.8, 4) is 11.5 Å². The van der Waals surface area contributed by atoms with Crippen LogP contribution in [0.25, 0.3) is 0 Å². The number of hydrogen-bond donors (Lipinski definition) is 0. The number of rotatable bonds is 7. The Kier molecular flexibility index (Phi) is 7.36. The average Bonchev–Trinajstić information content (AvgIpc) is 3.09. The first-order chi connectivity index (χ1) is 15.1. The van der Waals surface area contributed by atoms with Crippen LogP contribution in [0.3, 0.4) is 0 Å². The predicted molar refractivity (Wildman–Crippen MR) is 123 cm³/mol. The normalized spacial score (nSPS) is 18.6. The molecule has 1 fully saturated rings. The molecule has 4 rings (SSSR count). The number of hydrogen-bond acceptors (Lipinski definition) is 4. The van der Waals surface area contributed by atoms with Gasteiger partial charge in [-0.05, 0) is 42.6 Å². The van der Waals surface area contributed by atoms with Crippen molar-refractivity contribution in [3.05, 3.63) is 58.6 Å². The molecule has 0 spiro atoms. The van der Waals surface area contributed by atoms with Crippen LogP contribution in [0.15, 0.2) is 42.5 Å². The zero-order chi connectivity index (χ0) is 21.6. The van der Waals surface area contributed by atoms with Gasteiger partial charge in [0.05, 0.1) is 24.2 Å². The molecule has 0 N–H and O–H groups in total. The molecule has 1 unspecified atom stereocenters. The van der Waals surface area contributed by atoms with Crippen LogP contribution in [-0.2, 0) is 17.9 Å². The second-order valence-electron chi connectivity index (χ2n) is 8.42. The zero-order valence-corrected chi connectivity index (χ0v) is 18.9. The van der Waals surface area contributed by atoms with Gasteiger partial charge in [-0.15, -0.1) is 0 Å². The molecule has 0 saturated carbocycles. The van der Waals surface area contributed by atoms with Gasteiger partial charge in [-0.2, -0.15) is 0 Å². The Morgan fingerprint density at radius 2 is 1.97 bits per heavy atom. The molecule has 0 aromatic heterocycles. The van der Waals surface area contributed by atoms with E-state index in [2.05, 4.69) is 36.1 Å². The van der Waals surface area contributed by atoms with Gasteiger partial charge in [-0.3, -0.25) is 9.69 Å². The van der Waals surface area contributed by atoms with Crippen LogP contribution in [0.1, 0.15) is 37.3 Å². The van der Waals surface area contributed by atoms with Crippen molar-refractivity contribution in [2.45, 2.75) is 39.3 Å². The fourth-order valence-corrected chi connectivity index (χ4v) is 4.70. The topological polar surface area (TPSA) is 42.0 Å². The van der Waals surface area contributed by atoms with Gasteiger partial charge < -0.3 is 14.4 Å². The number of likely N-dealkylation sites (tertiary alicyclic amines) is 1. The highest BCUT2D eigenvalue weighted by molar-refractivity contribution is 6.32. The minimum absolute atomic E-state index is 0.0474. The molecule has 31 heavy (non-hydrogen) atoms. The van der Waals surface area contributed by atoms with Crippen molar-refractivity contribution in [1.29, 1.82) is 0 Å². The van der Waals surface area contributed by atoms with Crippen molar-refractivity contribution in [1.82, 2.24) is 9.80 Å². The molecule has 0 aliphatic carbocycles. The molecule has 166 valence electrons. The fraction of sp³-hybridized carbons (Fsp3) is 0.480. The van der Waals surface area contributed by atoms with Gasteiger partial charge in [0.15, 0.2) is 11.5 Å². The molecule has 1 amide bonds. The highest BCUT2D eigenvalue weighted by Gasteiger charge is 2.31. The third-order valence-electron chi connectivity index (χ3n) is 5.91. The van der Waals surface area contributed by atoms with E-state index in [-0.39, 0.29) is 11.8 Å². The first-order valence-corrected chi connectivity index (χ1v) is 11.6. The number of nitrogens with zero attached hydrogens (tertiary/aromatic N) is 2. The lowest BCUT2D eigenvalue weighted by atomic mass is 10.1. The molecule has 2 aliphatic rings. The van der Waals surface area contributed by atoms with E-state index < -0.39 is 0 Å². The molecule has 2 aliphatic heterocycles. The van der Waals surface area contributed by atoms with E-state index in [1.165, 1.54) is 5.56 Å². The van der Waals surface area contributed by atoms with Crippen LogP contribution >= 0.6 is 11.6 Å². The molecule has 1 atom stereocenters. The number of amides is 1. The van der Waals surface area contributed by atoms with Gasteiger partial charge in [0, 0.05) is 32.6 Å². The van der Waals surface area contributed by atoms with Gasteiger partial charge in [0.25, 0.3) is 0 Å². The quantitative estimate of drug-likeness (QED) is 0.619. The Bertz CT molecular complexity index is 890. The van der Waals surface area contributed by atoms with E-state index in [0.717, 1.165) is 51.0 Å². The van der Waals surface area contributed by atoms with Crippen LogP contribution in [0.4, 0.5) is 0 Å². The summed E-state index contributed by atoms with van der Waals surface area (Å²) in [5, 5.41) is 0.549. The lowest BCUT2D eigenvalue weighted by molar-refractivity contribution is -0.135. The van der Waals surface area contributed by atoms with E-state index in [1.807, 2.05) is 23.1 Å². The summed E-state index contributed by atoms with van der Waals surface area (Å²) in [6, 6.07) is 14.3. The fourth-order valence-electron chi connectivity index (χ4n) is 4.41. The summed E-state index contributed by atoms with van der Waals surface area (Å²) >= 11 is 6.47. The van der Waals surface area contributed by atoms with Crippen LogP contribution in [0, 0.1) is 5.92 Å². The van der Waals surface area contributed by atoms with E-state index in [1.54, 1.807) is 0 Å². The molecule has 2 aromatic carbocycles. The molecule has 0 radical (unpaired) electrons. The maximum atomic E-state index is 13.4. The molecule has 2 heterocycles. The highest BCUT2D eigenvalue weighted by Crippen LogP contribution is 2.38. The van der Waals surface area contributed by atoms with Crippen LogP contribution in [-0.4, -0.2) is 48.6 Å². The maximum absolute atomic E-state index is 13.4. The number of ether oxygens (including phenoxy) is 2. The van der Waals surface area contributed by atoms with Gasteiger partial charge in [0.2, 0.25) is 5.91 Å². The van der Waals surface area contributed by atoms with Crippen molar-refractivity contribution in [2.24, 2.45) is 5.92 Å². The standard InChI is InChI=1S/C25H31ClN2O3/c1-2-10-28(17-20-14-22(26)24-23(15-20)30-12-6-13-31-24)25(29)21-9-11-27(18-21)16-19-7-4-3-5-8-19/h3-5,7-8,14-15,21H,2,6,9-13,16-18H2,1H3. The highest BCUT2D eigenvalue weighted by atomic mass is 35.5. The molecule has 1 saturated heterocycles. The third kappa shape index (κ3) is 5.52. The lowest BCUT2D eigenvalue weighted by Gasteiger charge is -2.26. The van der Waals surface area contributed by atoms with Crippen LogP contribution < -0.4 is 9.47 Å². The van der Waals surface area contributed by atoms with Gasteiger partial charge in [0.1, 0.15) is 0 Å². The Balaban J connectivity index is 1.42. The zero-order valence-electron chi connectivity index (χ0n) is 18.2. The number of fused-ring (bicyclic) bond motifs is 1. The summed E-state index contributed by atoms with van der Waals surface area (Å²) in [6.07, 6.45) is 2.67. The molecule has 2 aromatic rings. The van der Waals surface area contributed by atoms with E-state index >= 15 is 0 Å². The lowest BCUT2D eigenvalue weighted by Crippen LogP contribution is -2.37. The van der Waals surface area contributed by atoms with E-state index in [9.17, 15) is 4.79 Å². The Morgan fingerprint density at radius 3 is 2.77 bits per heavy atom. The first kappa shape index (κ1) is 22.0. The van der Waals surface area contributed by atoms with Crippen molar-refractivity contribution >= 4 is 17.5 Å². The number of halogens is 1. The van der Waals surface area contributed by atoms with Crippen molar-refractivity contribution in [2.75, 3.05) is 32.8 Å². The largest absolute Gasteiger partial charge is 0.489 e. The van der Waals surface area contributed by atoms with Crippen LogP contribution in [0.5, 0.6) is 11.5 Å². The average molecular weight is 443 g/mol. The van der Waals surface area contributed by atoms with E-state index in [0.29, 0.717) is 36.3 Å². The second kappa shape index (κ2) is 10.4. The van der Waals surface area contributed by atoms with Gasteiger partial charge in [-0.1, -0.05) is 48.9 Å².